The van der Waals surface area contributed by atoms with Crippen molar-refractivity contribution in [3.8, 4) is 0 Å². The predicted molar refractivity (Wildman–Crippen MR) is 76.3 cm³/mol. The Morgan fingerprint density at radius 3 is 2.42 bits per heavy atom. The van der Waals surface area contributed by atoms with E-state index in [4.69, 9.17) is 23.2 Å². The zero-order valence-corrected chi connectivity index (χ0v) is 12.3. The fourth-order valence-electron chi connectivity index (χ4n) is 2.10. The molecule has 1 fully saturated rings. The van der Waals surface area contributed by atoms with Crippen molar-refractivity contribution in [1.82, 2.24) is 4.90 Å². The highest BCUT2D eigenvalue weighted by Crippen LogP contribution is 2.29. The van der Waals surface area contributed by atoms with Gasteiger partial charge in [-0.1, -0.05) is 29.3 Å². The van der Waals surface area contributed by atoms with Crippen molar-refractivity contribution in [2.24, 2.45) is 0 Å². The number of halogens is 2. The van der Waals surface area contributed by atoms with Crippen LogP contribution in [-0.2, 0) is 15.6 Å². The molecule has 19 heavy (non-hydrogen) atoms. The van der Waals surface area contributed by atoms with Gasteiger partial charge in [0.15, 0.2) is 0 Å². The van der Waals surface area contributed by atoms with Gasteiger partial charge in [-0.15, -0.1) is 0 Å². The van der Waals surface area contributed by atoms with Crippen LogP contribution in [-0.4, -0.2) is 44.8 Å². The van der Waals surface area contributed by atoms with Crippen molar-refractivity contribution in [3.05, 3.63) is 33.8 Å². The van der Waals surface area contributed by atoms with Gasteiger partial charge in [-0.3, -0.25) is 13.9 Å². The molecule has 7 heteroatoms. The smallest absolute Gasteiger partial charge is 0.325 e. The normalized spacial score (nSPS) is 19.3. The van der Waals surface area contributed by atoms with Crippen molar-refractivity contribution in [2.45, 2.75) is 6.04 Å². The van der Waals surface area contributed by atoms with Crippen LogP contribution in [0.25, 0.3) is 0 Å². The lowest BCUT2D eigenvalue weighted by atomic mass is 10.1. The summed E-state index contributed by atoms with van der Waals surface area (Å²) in [5, 5.41) is 10.1. The summed E-state index contributed by atoms with van der Waals surface area (Å²) in [6, 6.07) is 4.07. The molecule has 1 saturated heterocycles. The third kappa shape index (κ3) is 3.48. The SMILES string of the molecule is O=C(O)C(c1ccc(Cl)c(Cl)c1)N1CCS(=O)CC1. The highest BCUT2D eigenvalue weighted by molar-refractivity contribution is 7.85. The second-order valence-corrected chi connectivity index (χ2v) is 6.81. The summed E-state index contributed by atoms with van der Waals surface area (Å²) in [5.74, 6) is 0.0713. The summed E-state index contributed by atoms with van der Waals surface area (Å²) in [4.78, 5) is 13.3. The predicted octanol–water partition coefficient (Wildman–Crippen LogP) is 2.18. The Morgan fingerprint density at radius 1 is 1.26 bits per heavy atom. The van der Waals surface area contributed by atoms with E-state index in [1.807, 2.05) is 4.90 Å². The van der Waals surface area contributed by atoms with Gasteiger partial charge in [0, 0.05) is 35.4 Å². The Balaban J connectivity index is 2.27. The minimum absolute atomic E-state index is 0.339. The molecule has 4 nitrogen and oxygen atoms in total. The van der Waals surface area contributed by atoms with Gasteiger partial charge in [0.1, 0.15) is 6.04 Å². The molecule has 1 heterocycles. The van der Waals surface area contributed by atoms with Crippen molar-refractivity contribution < 1.29 is 14.1 Å². The number of hydrogen-bond acceptors (Lipinski definition) is 3. The first-order valence-corrected chi connectivity index (χ1v) is 8.00. The topological polar surface area (TPSA) is 57.6 Å². The van der Waals surface area contributed by atoms with Gasteiger partial charge in [0.25, 0.3) is 0 Å². The number of carboxylic acids is 1. The molecular formula is C12H13Cl2NO3S. The van der Waals surface area contributed by atoms with Gasteiger partial charge in [0.05, 0.1) is 10.0 Å². The number of benzene rings is 1. The van der Waals surface area contributed by atoms with Crippen molar-refractivity contribution in [1.29, 1.82) is 0 Å². The number of rotatable bonds is 3. The molecule has 104 valence electrons. The maximum absolute atomic E-state index is 11.5. The number of carbonyl (C=O) groups is 1. The highest BCUT2D eigenvalue weighted by Gasteiger charge is 2.30. The summed E-state index contributed by atoms with van der Waals surface area (Å²) in [6.07, 6.45) is 0. The first kappa shape index (κ1) is 14.8. The Bertz CT molecular complexity index is 514. The Labute approximate surface area is 123 Å². The molecule has 1 N–H and O–H groups in total. The quantitative estimate of drug-likeness (QED) is 0.927. The van der Waals surface area contributed by atoms with Crippen LogP contribution in [0.4, 0.5) is 0 Å². The molecular weight excluding hydrogens is 309 g/mol. The van der Waals surface area contributed by atoms with Gasteiger partial charge in [0.2, 0.25) is 0 Å². The molecule has 0 aliphatic carbocycles. The van der Waals surface area contributed by atoms with E-state index in [1.165, 1.54) is 0 Å². The highest BCUT2D eigenvalue weighted by atomic mass is 35.5. The lowest BCUT2D eigenvalue weighted by Gasteiger charge is -2.31. The standard InChI is InChI=1S/C12H13Cl2NO3S/c13-9-2-1-8(7-10(9)14)11(12(16)17)15-3-5-19(18)6-4-15/h1-2,7,11H,3-6H2,(H,16,17). The Kier molecular flexibility index (Phi) is 4.84. The average molecular weight is 322 g/mol. The van der Waals surface area contributed by atoms with E-state index in [9.17, 15) is 14.1 Å². The van der Waals surface area contributed by atoms with E-state index >= 15 is 0 Å². The minimum atomic E-state index is -0.939. The van der Waals surface area contributed by atoms with Crippen LogP contribution in [0.5, 0.6) is 0 Å². The zero-order valence-electron chi connectivity index (χ0n) is 10.0. The summed E-state index contributed by atoms with van der Waals surface area (Å²) < 4.78 is 11.3. The van der Waals surface area contributed by atoms with E-state index in [1.54, 1.807) is 18.2 Å². The molecule has 1 aromatic carbocycles. The van der Waals surface area contributed by atoms with Gasteiger partial charge in [-0.25, -0.2) is 0 Å². The van der Waals surface area contributed by atoms with Crippen LogP contribution >= 0.6 is 23.2 Å². The lowest BCUT2D eigenvalue weighted by Crippen LogP contribution is -2.43. The third-order valence-corrected chi connectivity index (χ3v) is 5.09. The van der Waals surface area contributed by atoms with E-state index in [-0.39, 0.29) is 0 Å². The van der Waals surface area contributed by atoms with Crippen molar-refractivity contribution in [2.75, 3.05) is 24.6 Å². The fourth-order valence-corrected chi connectivity index (χ4v) is 3.49. The molecule has 1 aromatic rings. The summed E-state index contributed by atoms with van der Waals surface area (Å²) in [6.45, 7) is 1.01. The molecule has 0 saturated carbocycles. The summed E-state index contributed by atoms with van der Waals surface area (Å²) in [5.41, 5.74) is 0.592. The van der Waals surface area contributed by atoms with Gasteiger partial charge >= 0.3 is 5.97 Å². The minimum Gasteiger partial charge on any atom is -0.480 e. The van der Waals surface area contributed by atoms with Crippen molar-refractivity contribution >= 4 is 40.0 Å². The molecule has 2 rings (SSSR count). The maximum atomic E-state index is 11.5. The van der Waals surface area contributed by atoms with E-state index in [2.05, 4.69) is 0 Å². The number of hydrogen-bond donors (Lipinski definition) is 1. The Morgan fingerprint density at radius 2 is 1.89 bits per heavy atom. The molecule has 0 bridgehead atoms. The second kappa shape index (κ2) is 6.22. The largest absolute Gasteiger partial charge is 0.480 e. The van der Waals surface area contributed by atoms with Crippen LogP contribution in [0, 0.1) is 0 Å². The van der Waals surface area contributed by atoms with Crippen LogP contribution in [0.2, 0.25) is 10.0 Å². The molecule has 0 spiro atoms. The number of aliphatic carboxylic acids is 1. The number of nitrogens with zero attached hydrogens (tertiary/aromatic N) is 1. The average Bonchev–Trinajstić information content (AvgIpc) is 2.36. The number of carboxylic acid groups (broad SMARTS) is 1. The molecule has 1 unspecified atom stereocenters. The maximum Gasteiger partial charge on any atom is 0.325 e. The molecule has 0 amide bonds. The lowest BCUT2D eigenvalue weighted by molar-refractivity contribution is -0.143. The summed E-state index contributed by atoms with van der Waals surface area (Å²) in [7, 11) is -0.837. The first-order valence-electron chi connectivity index (χ1n) is 5.76. The van der Waals surface area contributed by atoms with Gasteiger partial charge in [-0.2, -0.15) is 0 Å². The summed E-state index contributed by atoms with van der Waals surface area (Å²) >= 11 is 11.8. The monoisotopic (exact) mass is 321 g/mol. The Hall–Kier alpha value is -0.620. The van der Waals surface area contributed by atoms with E-state index in [0.717, 1.165) is 0 Å². The van der Waals surface area contributed by atoms with E-state index in [0.29, 0.717) is 40.2 Å². The second-order valence-electron chi connectivity index (χ2n) is 4.30. The third-order valence-electron chi connectivity index (χ3n) is 3.07. The molecule has 0 radical (unpaired) electrons. The molecule has 0 aromatic heterocycles. The van der Waals surface area contributed by atoms with Gasteiger partial charge in [-0.05, 0) is 17.7 Å². The van der Waals surface area contributed by atoms with E-state index < -0.39 is 22.8 Å². The van der Waals surface area contributed by atoms with Crippen LogP contribution in [0.1, 0.15) is 11.6 Å². The molecule has 1 aliphatic rings. The molecule has 1 atom stereocenters. The molecule has 1 aliphatic heterocycles. The van der Waals surface area contributed by atoms with Crippen LogP contribution < -0.4 is 0 Å². The van der Waals surface area contributed by atoms with Crippen LogP contribution in [0.15, 0.2) is 18.2 Å². The van der Waals surface area contributed by atoms with Crippen LogP contribution in [0.3, 0.4) is 0 Å². The van der Waals surface area contributed by atoms with Gasteiger partial charge < -0.3 is 5.11 Å². The fraction of sp³-hybridized carbons (Fsp3) is 0.417. The zero-order chi connectivity index (χ0) is 14.0. The first-order chi connectivity index (χ1) is 8.99. The van der Waals surface area contributed by atoms with Crippen molar-refractivity contribution in [3.63, 3.8) is 0 Å².